The third kappa shape index (κ3) is 2.49. The number of allylic oxidation sites excluding steroid dienone is 1. The minimum atomic E-state index is -0.0227. The molecule has 0 saturated heterocycles. The molecule has 2 saturated carbocycles. The van der Waals surface area contributed by atoms with E-state index in [4.69, 9.17) is 0 Å². The van der Waals surface area contributed by atoms with Crippen LogP contribution >= 0.6 is 0 Å². The lowest BCUT2D eigenvalue weighted by Crippen LogP contribution is -2.52. The van der Waals surface area contributed by atoms with Gasteiger partial charge in [-0.25, -0.2) is 9.97 Å². The number of aromatic nitrogens is 2. The van der Waals surface area contributed by atoms with E-state index in [1.807, 2.05) is 6.20 Å². The van der Waals surface area contributed by atoms with Crippen LogP contribution in [0.3, 0.4) is 0 Å². The SMILES string of the molecule is C=C1CC[C@H]2[C@@H](CO)[C@@H]([C@]3(C)Cc4cncnc4C[C@@H]3CO)CC[C@]12C. The standard InChI is InChI=1S/C22H32N2O2/c1-14-4-5-18-17(12-26)19(6-7-21(14,18)2)22(3)9-15-10-23-13-24-20(15)8-16(22)11-25/h10,13,16-19,25-26H,1,4-9,11-12H2,2-3H3/t16-,17-,18+,19+,21-,22-/m1/s1. The number of nitrogens with zero attached hydrogens (tertiary/aromatic N) is 2. The van der Waals surface area contributed by atoms with Crippen molar-refractivity contribution in [1.82, 2.24) is 9.97 Å². The number of aliphatic hydroxyl groups excluding tert-OH is 2. The Morgan fingerprint density at radius 3 is 2.73 bits per heavy atom. The Morgan fingerprint density at radius 2 is 2.00 bits per heavy atom. The van der Waals surface area contributed by atoms with E-state index in [1.165, 1.54) is 11.1 Å². The summed E-state index contributed by atoms with van der Waals surface area (Å²) in [4.78, 5) is 8.70. The zero-order chi connectivity index (χ0) is 18.5. The van der Waals surface area contributed by atoms with Crippen LogP contribution in [0.5, 0.6) is 0 Å². The topological polar surface area (TPSA) is 66.2 Å². The molecule has 3 aliphatic rings. The largest absolute Gasteiger partial charge is 0.396 e. The molecule has 142 valence electrons. The summed E-state index contributed by atoms with van der Waals surface area (Å²) in [5.74, 6) is 1.42. The molecule has 0 unspecified atom stereocenters. The molecule has 0 bridgehead atoms. The Bertz CT molecular complexity index is 705. The van der Waals surface area contributed by atoms with E-state index in [1.54, 1.807) is 6.33 Å². The molecule has 1 aromatic rings. The van der Waals surface area contributed by atoms with E-state index in [0.29, 0.717) is 17.8 Å². The molecule has 1 heterocycles. The Balaban J connectivity index is 1.70. The average Bonchev–Trinajstić information content (AvgIpc) is 2.95. The molecule has 0 aromatic carbocycles. The minimum absolute atomic E-state index is 0.0227. The van der Waals surface area contributed by atoms with E-state index in [9.17, 15) is 10.2 Å². The molecule has 4 nitrogen and oxygen atoms in total. The third-order valence-corrected chi connectivity index (χ3v) is 8.49. The molecule has 2 N–H and O–H groups in total. The van der Waals surface area contributed by atoms with Crippen LogP contribution in [-0.2, 0) is 12.8 Å². The fraction of sp³-hybridized carbons (Fsp3) is 0.727. The molecular formula is C22H32N2O2. The molecule has 2 fully saturated rings. The van der Waals surface area contributed by atoms with Crippen molar-refractivity contribution in [3.63, 3.8) is 0 Å². The number of hydrogen-bond donors (Lipinski definition) is 2. The van der Waals surface area contributed by atoms with Gasteiger partial charge in [0, 0.05) is 25.1 Å². The summed E-state index contributed by atoms with van der Waals surface area (Å²) in [6.45, 7) is 9.48. The lowest BCUT2D eigenvalue weighted by atomic mass is 9.49. The van der Waals surface area contributed by atoms with Crippen molar-refractivity contribution < 1.29 is 10.2 Å². The summed E-state index contributed by atoms with van der Waals surface area (Å²) in [5, 5.41) is 20.6. The zero-order valence-corrected chi connectivity index (χ0v) is 16.1. The number of fused-ring (bicyclic) bond motifs is 2. The average molecular weight is 357 g/mol. The fourth-order valence-electron chi connectivity index (χ4n) is 6.71. The first-order valence-electron chi connectivity index (χ1n) is 10.1. The normalized spacial score (nSPS) is 42.4. The molecule has 4 heteroatoms. The van der Waals surface area contributed by atoms with Gasteiger partial charge < -0.3 is 10.2 Å². The van der Waals surface area contributed by atoms with Crippen LogP contribution in [0.4, 0.5) is 0 Å². The summed E-state index contributed by atoms with van der Waals surface area (Å²) < 4.78 is 0. The van der Waals surface area contributed by atoms with Crippen LogP contribution < -0.4 is 0 Å². The lowest BCUT2D eigenvalue weighted by Gasteiger charge is -2.55. The Hall–Kier alpha value is -1.26. The van der Waals surface area contributed by atoms with Gasteiger partial charge in [-0.1, -0.05) is 26.0 Å². The summed E-state index contributed by atoms with van der Waals surface area (Å²) in [5.41, 5.74) is 3.86. The van der Waals surface area contributed by atoms with Gasteiger partial charge in [0.05, 0.1) is 0 Å². The molecule has 0 aliphatic heterocycles. The Morgan fingerprint density at radius 1 is 1.19 bits per heavy atom. The summed E-state index contributed by atoms with van der Waals surface area (Å²) in [7, 11) is 0. The van der Waals surface area contributed by atoms with Gasteiger partial charge in [-0.3, -0.25) is 0 Å². The molecule has 0 amide bonds. The second-order valence-corrected chi connectivity index (χ2v) is 9.42. The quantitative estimate of drug-likeness (QED) is 0.817. The Labute approximate surface area is 156 Å². The van der Waals surface area contributed by atoms with Gasteiger partial charge in [0.1, 0.15) is 6.33 Å². The molecule has 26 heavy (non-hydrogen) atoms. The van der Waals surface area contributed by atoms with Gasteiger partial charge in [0.15, 0.2) is 0 Å². The highest BCUT2D eigenvalue weighted by molar-refractivity contribution is 5.26. The van der Waals surface area contributed by atoms with E-state index >= 15 is 0 Å². The van der Waals surface area contributed by atoms with Gasteiger partial charge in [-0.05, 0) is 78.6 Å². The maximum absolute atomic E-state index is 10.4. The van der Waals surface area contributed by atoms with Gasteiger partial charge in [-0.2, -0.15) is 0 Å². The minimum Gasteiger partial charge on any atom is -0.396 e. The Kier molecular flexibility index (Phi) is 4.47. The molecular weight excluding hydrogens is 324 g/mol. The molecule has 0 radical (unpaired) electrons. The maximum Gasteiger partial charge on any atom is 0.115 e. The summed E-state index contributed by atoms with van der Waals surface area (Å²) in [6.07, 6.45) is 9.79. The molecule has 6 atom stereocenters. The van der Waals surface area contributed by atoms with Crippen molar-refractivity contribution in [2.24, 2.45) is 34.5 Å². The van der Waals surface area contributed by atoms with Crippen LogP contribution in [-0.4, -0.2) is 33.4 Å². The second-order valence-electron chi connectivity index (χ2n) is 9.42. The van der Waals surface area contributed by atoms with Crippen molar-refractivity contribution in [2.45, 2.75) is 52.4 Å². The van der Waals surface area contributed by atoms with Crippen LogP contribution in [0, 0.1) is 34.5 Å². The highest BCUT2D eigenvalue weighted by atomic mass is 16.3. The predicted molar refractivity (Wildman–Crippen MR) is 101 cm³/mol. The zero-order valence-electron chi connectivity index (χ0n) is 16.1. The third-order valence-electron chi connectivity index (χ3n) is 8.49. The van der Waals surface area contributed by atoms with E-state index in [0.717, 1.165) is 44.2 Å². The maximum atomic E-state index is 10.4. The van der Waals surface area contributed by atoms with Crippen molar-refractivity contribution in [3.05, 3.63) is 35.9 Å². The van der Waals surface area contributed by atoms with Gasteiger partial charge in [0.25, 0.3) is 0 Å². The molecule has 3 aliphatic carbocycles. The van der Waals surface area contributed by atoms with E-state index < -0.39 is 0 Å². The van der Waals surface area contributed by atoms with Crippen LogP contribution in [0.2, 0.25) is 0 Å². The highest BCUT2D eigenvalue weighted by Gasteiger charge is 2.56. The monoisotopic (exact) mass is 356 g/mol. The van der Waals surface area contributed by atoms with E-state index in [-0.39, 0.29) is 30.0 Å². The molecule has 0 spiro atoms. The number of rotatable bonds is 3. The first-order valence-corrected chi connectivity index (χ1v) is 10.1. The first-order chi connectivity index (χ1) is 12.4. The number of aliphatic hydroxyl groups is 2. The molecule has 1 aromatic heterocycles. The van der Waals surface area contributed by atoms with Gasteiger partial charge in [0.2, 0.25) is 0 Å². The number of hydrogen-bond acceptors (Lipinski definition) is 4. The molecule has 4 rings (SSSR count). The smallest absolute Gasteiger partial charge is 0.115 e. The van der Waals surface area contributed by atoms with Crippen LogP contribution in [0.15, 0.2) is 24.7 Å². The highest BCUT2D eigenvalue weighted by Crippen LogP contribution is 2.62. The first kappa shape index (κ1) is 18.1. The second kappa shape index (κ2) is 6.42. The van der Waals surface area contributed by atoms with Crippen molar-refractivity contribution in [2.75, 3.05) is 13.2 Å². The lowest BCUT2D eigenvalue weighted by molar-refractivity contribution is -0.0739. The van der Waals surface area contributed by atoms with Crippen LogP contribution in [0.1, 0.15) is 50.8 Å². The summed E-state index contributed by atoms with van der Waals surface area (Å²) in [6, 6.07) is 0. The van der Waals surface area contributed by atoms with Gasteiger partial charge >= 0.3 is 0 Å². The van der Waals surface area contributed by atoms with Crippen molar-refractivity contribution in [1.29, 1.82) is 0 Å². The summed E-state index contributed by atoms with van der Waals surface area (Å²) >= 11 is 0. The van der Waals surface area contributed by atoms with E-state index in [2.05, 4.69) is 30.4 Å². The fourth-order valence-corrected chi connectivity index (χ4v) is 6.71. The van der Waals surface area contributed by atoms with Crippen molar-refractivity contribution >= 4 is 0 Å². The van der Waals surface area contributed by atoms with Gasteiger partial charge in [-0.15, -0.1) is 0 Å². The van der Waals surface area contributed by atoms with Crippen LogP contribution in [0.25, 0.3) is 0 Å². The van der Waals surface area contributed by atoms with Crippen molar-refractivity contribution in [3.8, 4) is 0 Å². The predicted octanol–water partition coefficient (Wildman–Crippen LogP) is 3.18.